The SMILES string of the molecule is CN=C(NCCNC(=O)c1ccco1)NCc1ccccc1.I. The zero-order valence-electron chi connectivity index (χ0n) is 12.9. The van der Waals surface area contributed by atoms with Gasteiger partial charge in [-0.15, -0.1) is 24.0 Å². The number of hydrogen-bond acceptors (Lipinski definition) is 3. The summed E-state index contributed by atoms with van der Waals surface area (Å²) in [6, 6.07) is 13.4. The largest absolute Gasteiger partial charge is 0.459 e. The number of carbonyl (C=O) groups excluding carboxylic acids is 1. The summed E-state index contributed by atoms with van der Waals surface area (Å²) in [5.41, 5.74) is 1.18. The van der Waals surface area contributed by atoms with E-state index in [0.717, 1.165) is 0 Å². The third-order valence-electron chi connectivity index (χ3n) is 2.97. The molecule has 1 heterocycles. The van der Waals surface area contributed by atoms with Crippen LogP contribution in [0, 0.1) is 0 Å². The molecule has 0 radical (unpaired) electrons. The molecule has 6 nitrogen and oxygen atoms in total. The molecule has 2 rings (SSSR count). The van der Waals surface area contributed by atoms with Gasteiger partial charge in [0.25, 0.3) is 5.91 Å². The molecule has 0 aliphatic heterocycles. The Labute approximate surface area is 152 Å². The van der Waals surface area contributed by atoms with Gasteiger partial charge < -0.3 is 20.4 Å². The third kappa shape index (κ3) is 6.72. The van der Waals surface area contributed by atoms with Crippen molar-refractivity contribution in [2.24, 2.45) is 4.99 Å². The molecular formula is C16H21IN4O2. The molecule has 3 N–H and O–H groups in total. The van der Waals surface area contributed by atoms with Crippen molar-refractivity contribution in [1.29, 1.82) is 0 Å². The van der Waals surface area contributed by atoms with Crippen molar-refractivity contribution in [2.45, 2.75) is 6.54 Å². The van der Waals surface area contributed by atoms with E-state index in [9.17, 15) is 4.79 Å². The molecule has 23 heavy (non-hydrogen) atoms. The fraction of sp³-hybridized carbons (Fsp3) is 0.250. The number of halogens is 1. The molecule has 0 bridgehead atoms. The molecule has 124 valence electrons. The number of rotatable bonds is 6. The van der Waals surface area contributed by atoms with Crippen LogP contribution in [-0.4, -0.2) is 32.0 Å². The number of nitrogens with one attached hydrogen (secondary N) is 3. The van der Waals surface area contributed by atoms with Crippen LogP contribution in [0.4, 0.5) is 0 Å². The van der Waals surface area contributed by atoms with E-state index in [-0.39, 0.29) is 29.9 Å². The number of carbonyl (C=O) groups is 1. The normalized spacial score (nSPS) is 10.6. The Hall–Kier alpha value is -2.03. The average molecular weight is 428 g/mol. The van der Waals surface area contributed by atoms with Crippen LogP contribution in [-0.2, 0) is 6.54 Å². The lowest BCUT2D eigenvalue weighted by Crippen LogP contribution is -2.41. The summed E-state index contributed by atoms with van der Waals surface area (Å²) in [5.74, 6) is 0.779. The van der Waals surface area contributed by atoms with Gasteiger partial charge in [0.1, 0.15) is 0 Å². The number of hydrogen-bond donors (Lipinski definition) is 3. The van der Waals surface area contributed by atoms with Crippen molar-refractivity contribution in [2.75, 3.05) is 20.1 Å². The Balaban J connectivity index is 0.00000264. The van der Waals surface area contributed by atoms with Crippen molar-refractivity contribution in [3.63, 3.8) is 0 Å². The quantitative estimate of drug-likeness (QED) is 0.285. The van der Waals surface area contributed by atoms with Crippen molar-refractivity contribution in [1.82, 2.24) is 16.0 Å². The Morgan fingerprint density at radius 2 is 1.78 bits per heavy atom. The highest BCUT2D eigenvalue weighted by Gasteiger charge is 2.06. The highest BCUT2D eigenvalue weighted by molar-refractivity contribution is 14.0. The van der Waals surface area contributed by atoms with Crippen LogP contribution in [0.25, 0.3) is 0 Å². The summed E-state index contributed by atoms with van der Waals surface area (Å²) >= 11 is 0. The highest BCUT2D eigenvalue weighted by atomic mass is 127. The fourth-order valence-corrected chi connectivity index (χ4v) is 1.85. The van der Waals surface area contributed by atoms with E-state index in [2.05, 4.69) is 20.9 Å². The molecule has 7 heteroatoms. The second-order valence-electron chi connectivity index (χ2n) is 4.57. The number of aliphatic imine (C=N–C) groups is 1. The van der Waals surface area contributed by atoms with Gasteiger partial charge in [-0.3, -0.25) is 9.79 Å². The molecule has 1 amide bonds. The lowest BCUT2D eigenvalue weighted by Gasteiger charge is -2.12. The lowest BCUT2D eigenvalue weighted by molar-refractivity contribution is 0.0926. The smallest absolute Gasteiger partial charge is 0.287 e. The number of furan rings is 1. The van der Waals surface area contributed by atoms with Gasteiger partial charge in [0, 0.05) is 26.7 Å². The highest BCUT2D eigenvalue weighted by Crippen LogP contribution is 1.98. The third-order valence-corrected chi connectivity index (χ3v) is 2.97. The van der Waals surface area contributed by atoms with E-state index in [1.54, 1.807) is 19.2 Å². The number of benzene rings is 1. The van der Waals surface area contributed by atoms with E-state index in [1.165, 1.54) is 11.8 Å². The Morgan fingerprint density at radius 3 is 2.43 bits per heavy atom. The fourth-order valence-electron chi connectivity index (χ4n) is 1.85. The van der Waals surface area contributed by atoms with Gasteiger partial charge in [0.15, 0.2) is 11.7 Å². The molecule has 0 aliphatic carbocycles. The van der Waals surface area contributed by atoms with Gasteiger partial charge in [-0.05, 0) is 17.7 Å². The standard InChI is InChI=1S/C16H20N4O2.HI/c1-17-16(20-12-13-6-3-2-4-7-13)19-10-9-18-15(21)14-8-5-11-22-14;/h2-8,11H,9-10,12H2,1H3,(H,18,21)(H2,17,19,20);1H. The van der Waals surface area contributed by atoms with Gasteiger partial charge in [0.2, 0.25) is 0 Å². The molecule has 0 spiro atoms. The minimum Gasteiger partial charge on any atom is -0.459 e. The lowest BCUT2D eigenvalue weighted by atomic mass is 10.2. The van der Waals surface area contributed by atoms with Crippen molar-refractivity contribution >= 4 is 35.8 Å². The topological polar surface area (TPSA) is 78.7 Å². The minimum absolute atomic E-state index is 0. The minimum atomic E-state index is -0.223. The first kappa shape index (κ1) is 19.0. The molecule has 0 saturated heterocycles. The van der Waals surface area contributed by atoms with Crippen LogP contribution >= 0.6 is 24.0 Å². The monoisotopic (exact) mass is 428 g/mol. The Bertz CT molecular complexity index is 600. The molecule has 0 aliphatic rings. The van der Waals surface area contributed by atoms with Gasteiger partial charge in [0.05, 0.1) is 6.26 Å². The molecule has 2 aromatic rings. The van der Waals surface area contributed by atoms with Crippen LogP contribution in [0.15, 0.2) is 58.1 Å². The molecule has 0 saturated carbocycles. The van der Waals surface area contributed by atoms with Gasteiger partial charge >= 0.3 is 0 Å². The van der Waals surface area contributed by atoms with Crippen LogP contribution in [0.3, 0.4) is 0 Å². The summed E-state index contributed by atoms with van der Waals surface area (Å²) in [5, 5.41) is 9.10. The molecule has 0 atom stereocenters. The van der Waals surface area contributed by atoms with Crippen molar-refractivity contribution in [3.05, 3.63) is 60.1 Å². The predicted octanol–water partition coefficient (Wildman–Crippen LogP) is 1.99. The summed E-state index contributed by atoms with van der Waals surface area (Å²) in [6.45, 7) is 1.74. The van der Waals surface area contributed by atoms with E-state index in [4.69, 9.17) is 4.42 Å². The summed E-state index contributed by atoms with van der Waals surface area (Å²) in [7, 11) is 1.71. The summed E-state index contributed by atoms with van der Waals surface area (Å²) in [4.78, 5) is 15.8. The maximum Gasteiger partial charge on any atom is 0.287 e. The maximum absolute atomic E-state index is 11.7. The number of guanidine groups is 1. The summed E-state index contributed by atoms with van der Waals surface area (Å²) < 4.78 is 5.01. The molecule has 1 aromatic carbocycles. The Kier molecular flexibility index (Phi) is 8.81. The molecule has 1 aromatic heterocycles. The second-order valence-corrected chi connectivity index (χ2v) is 4.57. The van der Waals surface area contributed by atoms with E-state index >= 15 is 0 Å². The van der Waals surface area contributed by atoms with Gasteiger partial charge in [-0.2, -0.15) is 0 Å². The molecular weight excluding hydrogens is 407 g/mol. The van der Waals surface area contributed by atoms with Crippen molar-refractivity contribution in [3.8, 4) is 0 Å². The second kappa shape index (κ2) is 10.7. The van der Waals surface area contributed by atoms with Crippen LogP contribution in [0.1, 0.15) is 16.1 Å². The first-order valence-corrected chi connectivity index (χ1v) is 7.10. The predicted molar refractivity (Wildman–Crippen MR) is 101 cm³/mol. The number of amides is 1. The first-order chi connectivity index (χ1) is 10.8. The maximum atomic E-state index is 11.7. The Morgan fingerprint density at radius 1 is 1.04 bits per heavy atom. The van der Waals surface area contributed by atoms with E-state index in [0.29, 0.717) is 31.4 Å². The van der Waals surface area contributed by atoms with Crippen molar-refractivity contribution < 1.29 is 9.21 Å². The molecule has 0 fully saturated rings. The van der Waals surface area contributed by atoms with Crippen LogP contribution in [0.2, 0.25) is 0 Å². The zero-order chi connectivity index (χ0) is 15.6. The van der Waals surface area contributed by atoms with Gasteiger partial charge in [-0.25, -0.2) is 0 Å². The van der Waals surface area contributed by atoms with E-state index < -0.39 is 0 Å². The first-order valence-electron chi connectivity index (χ1n) is 7.10. The molecule has 0 unspecified atom stereocenters. The number of nitrogens with zero attached hydrogens (tertiary/aromatic N) is 1. The zero-order valence-corrected chi connectivity index (χ0v) is 15.2. The van der Waals surface area contributed by atoms with Gasteiger partial charge in [-0.1, -0.05) is 30.3 Å². The average Bonchev–Trinajstić information content (AvgIpc) is 3.09. The van der Waals surface area contributed by atoms with Crippen LogP contribution < -0.4 is 16.0 Å². The summed E-state index contributed by atoms with van der Waals surface area (Å²) in [6.07, 6.45) is 1.47. The van der Waals surface area contributed by atoms with E-state index in [1.807, 2.05) is 30.3 Å². The van der Waals surface area contributed by atoms with Crippen LogP contribution in [0.5, 0.6) is 0 Å².